The van der Waals surface area contributed by atoms with E-state index in [0.29, 0.717) is 17.6 Å². The first-order chi connectivity index (χ1) is 8.10. The zero-order chi connectivity index (χ0) is 12.0. The van der Waals surface area contributed by atoms with E-state index in [2.05, 4.69) is 50.3 Å². The number of Topliss-reactive ketones (excluding diaryl/α,β-unsaturated/α-hetero) is 1. The van der Waals surface area contributed by atoms with Crippen LogP contribution in [0, 0.1) is 11.3 Å². The molecule has 0 aliphatic heterocycles. The van der Waals surface area contributed by atoms with Crippen molar-refractivity contribution in [2.24, 2.45) is 11.3 Å². The number of carbonyl (C=O) groups excluding carboxylic acids is 1. The van der Waals surface area contributed by atoms with Gasteiger partial charge in [-0.2, -0.15) is 0 Å². The Morgan fingerprint density at radius 1 is 1.24 bits per heavy atom. The number of benzene rings is 1. The third-order valence-electron chi connectivity index (χ3n) is 4.55. The summed E-state index contributed by atoms with van der Waals surface area (Å²) in [6, 6.07) is 8.59. The molecule has 0 unspecified atom stereocenters. The highest BCUT2D eigenvalue weighted by molar-refractivity contribution is 5.86. The summed E-state index contributed by atoms with van der Waals surface area (Å²) in [6.45, 7) is 4.20. The lowest BCUT2D eigenvalue weighted by Crippen LogP contribution is -2.41. The summed E-state index contributed by atoms with van der Waals surface area (Å²) in [5.41, 5.74) is 2.56. The molecule has 88 valence electrons. The van der Waals surface area contributed by atoms with E-state index in [1.54, 1.807) is 0 Å². The number of rotatable bonds is 0. The predicted octanol–water partition coefficient (Wildman–Crippen LogP) is 3.80. The molecule has 0 radical (unpaired) electrons. The van der Waals surface area contributed by atoms with Gasteiger partial charge in [0.1, 0.15) is 5.78 Å². The van der Waals surface area contributed by atoms with Crippen molar-refractivity contribution < 1.29 is 4.79 Å². The van der Waals surface area contributed by atoms with Crippen molar-refractivity contribution in [3.05, 3.63) is 41.5 Å². The standard InChI is InChI=1S/C16H18O/c1-16(2)14-9-7-11-5-3-4-6-12(11)13(14)8-10-15(16)17/h3-7,9,13-14H,8,10H2,1-2H3/t13-,14+/m0/s1. The van der Waals surface area contributed by atoms with Gasteiger partial charge in [-0.15, -0.1) is 0 Å². The average molecular weight is 226 g/mol. The topological polar surface area (TPSA) is 17.1 Å². The van der Waals surface area contributed by atoms with Gasteiger partial charge in [-0.3, -0.25) is 4.79 Å². The fourth-order valence-corrected chi connectivity index (χ4v) is 3.41. The second-order valence-corrected chi connectivity index (χ2v) is 5.80. The Bertz CT molecular complexity index is 496. The van der Waals surface area contributed by atoms with E-state index in [4.69, 9.17) is 0 Å². The SMILES string of the molecule is CC1(C)C(=O)CC[C@H]2c3ccccc3C=C[C@H]21. The minimum Gasteiger partial charge on any atom is -0.299 e. The largest absolute Gasteiger partial charge is 0.299 e. The molecule has 0 aromatic heterocycles. The van der Waals surface area contributed by atoms with Crippen LogP contribution in [-0.2, 0) is 4.79 Å². The van der Waals surface area contributed by atoms with E-state index < -0.39 is 0 Å². The van der Waals surface area contributed by atoms with E-state index in [9.17, 15) is 4.79 Å². The van der Waals surface area contributed by atoms with Crippen LogP contribution >= 0.6 is 0 Å². The van der Waals surface area contributed by atoms with E-state index in [1.165, 1.54) is 11.1 Å². The van der Waals surface area contributed by atoms with Gasteiger partial charge in [0.05, 0.1) is 0 Å². The number of ketones is 1. The molecule has 1 fully saturated rings. The van der Waals surface area contributed by atoms with Gasteiger partial charge >= 0.3 is 0 Å². The zero-order valence-electron chi connectivity index (χ0n) is 10.4. The van der Waals surface area contributed by atoms with Crippen molar-refractivity contribution in [3.63, 3.8) is 0 Å². The average Bonchev–Trinajstić information content (AvgIpc) is 2.33. The predicted molar refractivity (Wildman–Crippen MR) is 69.7 cm³/mol. The summed E-state index contributed by atoms with van der Waals surface area (Å²) in [4.78, 5) is 12.0. The molecule has 1 aromatic rings. The van der Waals surface area contributed by atoms with Gasteiger partial charge in [-0.25, -0.2) is 0 Å². The van der Waals surface area contributed by atoms with E-state index in [0.717, 1.165) is 12.8 Å². The molecule has 0 bridgehead atoms. The van der Waals surface area contributed by atoms with E-state index >= 15 is 0 Å². The molecule has 2 aliphatic carbocycles. The van der Waals surface area contributed by atoms with Crippen LogP contribution in [0.15, 0.2) is 30.3 Å². The summed E-state index contributed by atoms with van der Waals surface area (Å²) < 4.78 is 0. The van der Waals surface area contributed by atoms with Crippen LogP contribution in [0.4, 0.5) is 0 Å². The van der Waals surface area contributed by atoms with Crippen LogP contribution in [-0.4, -0.2) is 5.78 Å². The highest BCUT2D eigenvalue weighted by Crippen LogP contribution is 2.50. The Morgan fingerprint density at radius 3 is 2.82 bits per heavy atom. The fraction of sp³-hybridized carbons (Fsp3) is 0.438. The second kappa shape index (κ2) is 3.56. The molecule has 1 nitrogen and oxygen atoms in total. The zero-order valence-corrected chi connectivity index (χ0v) is 10.4. The Balaban J connectivity index is 2.09. The van der Waals surface area contributed by atoms with E-state index in [-0.39, 0.29) is 5.41 Å². The van der Waals surface area contributed by atoms with Crippen molar-refractivity contribution >= 4 is 11.9 Å². The maximum Gasteiger partial charge on any atom is 0.139 e. The Kier molecular flexibility index (Phi) is 2.25. The molecule has 1 saturated carbocycles. The van der Waals surface area contributed by atoms with Gasteiger partial charge in [-0.05, 0) is 29.4 Å². The summed E-state index contributed by atoms with van der Waals surface area (Å²) in [5.74, 6) is 1.32. The smallest absolute Gasteiger partial charge is 0.139 e. The van der Waals surface area contributed by atoms with Crippen LogP contribution in [0.3, 0.4) is 0 Å². The summed E-state index contributed by atoms with van der Waals surface area (Å²) in [6.07, 6.45) is 6.19. The van der Waals surface area contributed by atoms with Gasteiger partial charge in [0.2, 0.25) is 0 Å². The number of carbonyl (C=O) groups is 1. The molecule has 2 atom stereocenters. The molecule has 0 N–H and O–H groups in total. The molecule has 0 saturated heterocycles. The first-order valence-corrected chi connectivity index (χ1v) is 6.41. The van der Waals surface area contributed by atoms with Gasteiger partial charge in [-0.1, -0.05) is 50.3 Å². The highest BCUT2D eigenvalue weighted by atomic mass is 16.1. The van der Waals surface area contributed by atoms with Crippen molar-refractivity contribution in [2.75, 3.05) is 0 Å². The number of hydrogen-bond acceptors (Lipinski definition) is 1. The second-order valence-electron chi connectivity index (χ2n) is 5.80. The van der Waals surface area contributed by atoms with Gasteiger partial charge in [0.25, 0.3) is 0 Å². The molecule has 0 heterocycles. The first kappa shape index (κ1) is 10.8. The monoisotopic (exact) mass is 226 g/mol. The third-order valence-corrected chi connectivity index (χ3v) is 4.55. The molecule has 1 heteroatoms. The van der Waals surface area contributed by atoms with Crippen LogP contribution in [0.1, 0.15) is 43.7 Å². The highest BCUT2D eigenvalue weighted by Gasteiger charge is 2.45. The van der Waals surface area contributed by atoms with Crippen molar-refractivity contribution in [1.29, 1.82) is 0 Å². The Labute approximate surface area is 103 Å². The third kappa shape index (κ3) is 1.49. The van der Waals surface area contributed by atoms with Crippen LogP contribution < -0.4 is 0 Å². The van der Waals surface area contributed by atoms with Crippen LogP contribution in [0.25, 0.3) is 6.08 Å². The summed E-state index contributed by atoms with van der Waals surface area (Å²) in [7, 11) is 0. The molecule has 0 spiro atoms. The van der Waals surface area contributed by atoms with Crippen molar-refractivity contribution in [3.8, 4) is 0 Å². The molecule has 3 rings (SSSR count). The summed E-state index contributed by atoms with van der Waals surface area (Å²) >= 11 is 0. The van der Waals surface area contributed by atoms with Crippen LogP contribution in [0.2, 0.25) is 0 Å². The van der Waals surface area contributed by atoms with E-state index in [1.807, 2.05) is 0 Å². The minimum absolute atomic E-state index is 0.201. The Morgan fingerprint density at radius 2 is 2.00 bits per heavy atom. The first-order valence-electron chi connectivity index (χ1n) is 6.41. The van der Waals surface area contributed by atoms with Crippen LogP contribution in [0.5, 0.6) is 0 Å². The lowest BCUT2D eigenvalue weighted by Gasteiger charge is -2.43. The lowest BCUT2D eigenvalue weighted by molar-refractivity contribution is -0.132. The van der Waals surface area contributed by atoms with Gasteiger partial charge < -0.3 is 0 Å². The summed E-state index contributed by atoms with van der Waals surface area (Å²) in [5, 5.41) is 0. The molecule has 2 aliphatic rings. The maximum atomic E-state index is 12.0. The molecular formula is C16H18O. The van der Waals surface area contributed by atoms with Crippen molar-refractivity contribution in [1.82, 2.24) is 0 Å². The van der Waals surface area contributed by atoms with Gasteiger partial charge in [0, 0.05) is 11.8 Å². The van der Waals surface area contributed by atoms with Crippen molar-refractivity contribution in [2.45, 2.75) is 32.6 Å². The molecule has 1 aromatic carbocycles. The molecule has 0 amide bonds. The molecule has 17 heavy (non-hydrogen) atoms. The lowest BCUT2D eigenvalue weighted by atomic mass is 9.59. The number of allylic oxidation sites excluding steroid dienone is 1. The number of fused-ring (bicyclic) bond motifs is 3. The maximum absolute atomic E-state index is 12.0. The normalized spacial score (nSPS) is 29.6. The molecular weight excluding hydrogens is 208 g/mol. The quantitative estimate of drug-likeness (QED) is 0.657. The Hall–Kier alpha value is -1.37. The fourth-order valence-electron chi connectivity index (χ4n) is 3.41. The number of hydrogen-bond donors (Lipinski definition) is 0. The minimum atomic E-state index is -0.201. The van der Waals surface area contributed by atoms with Gasteiger partial charge in [0.15, 0.2) is 0 Å².